The summed E-state index contributed by atoms with van der Waals surface area (Å²) in [6.07, 6.45) is 0.736. The minimum absolute atomic E-state index is 0.125. The lowest BCUT2D eigenvalue weighted by molar-refractivity contribution is -0.229. The van der Waals surface area contributed by atoms with Gasteiger partial charge in [-0.05, 0) is 49.4 Å². The fraction of sp³-hybridized carbons (Fsp3) is 0.231. The number of aromatic amines is 1. The monoisotopic (exact) mass is 489 g/mol. The highest BCUT2D eigenvalue weighted by molar-refractivity contribution is 5.95. The van der Waals surface area contributed by atoms with Crippen LogP contribution in [-0.2, 0) is 14.3 Å². The second-order valence-corrected chi connectivity index (χ2v) is 8.62. The molecular weight excluding hydrogens is 465 g/mol. The highest BCUT2D eigenvalue weighted by atomic mass is 19.1. The fourth-order valence-corrected chi connectivity index (χ4v) is 3.79. The maximum absolute atomic E-state index is 13.6. The standard InChI is InChI=1S/C26H24FN5O4/c1-26(24(33)29-18-6-4-3-5-7-18)14-35-23(36-15-26)22-31-20(16-8-10-17(27)11-9-16)21(32-22)19-12-13-28-25(30-19)34-2/h3-13,23H,14-15H2,1-2H3,(H,29,33)(H,31,32). The van der Waals surface area contributed by atoms with Gasteiger partial charge in [-0.2, -0.15) is 4.98 Å². The van der Waals surface area contributed by atoms with Crippen LogP contribution in [-0.4, -0.2) is 46.2 Å². The van der Waals surface area contributed by atoms with Gasteiger partial charge in [-0.1, -0.05) is 18.2 Å². The summed E-state index contributed by atoms with van der Waals surface area (Å²) in [4.78, 5) is 29.3. The summed E-state index contributed by atoms with van der Waals surface area (Å²) in [5.74, 6) is -0.161. The van der Waals surface area contributed by atoms with E-state index in [4.69, 9.17) is 19.2 Å². The zero-order chi connectivity index (χ0) is 25.1. The third-order valence-corrected chi connectivity index (χ3v) is 5.82. The number of benzene rings is 2. The third-order valence-electron chi connectivity index (χ3n) is 5.82. The average molecular weight is 490 g/mol. The van der Waals surface area contributed by atoms with Gasteiger partial charge in [0.25, 0.3) is 0 Å². The van der Waals surface area contributed by atoms with Crippen LogP contribution in [0.5, 0.6) is 6.01 Å². The molecule has 0 saturated carbocycles. The Balaban J connectivity index is 1.40. The van der Waals surface area contributed by atoms with Crippen LogP contribution in [0.4, 0.5) is 10.1 Å². The van der Waals surface area contributed by atoms with E-state index in [0.717, 1.165) is 0 Å². The normalized spacial score (nSPS) is 19.6. The van der Waals surface area contributed by atoms with Gasteiger partial charge in [0.2, 0.25) is 12.2 Å². The van der Waals surface area contributed by atoms with Crippen molar-refractivity contribution in [3.05, 3.63) is 78.5 Å². The maximum Gasteiger partial charge on any atom is 0.316 e. The summed E-state index contributed by atoms with van der Waals surface area (Å²) in [7, 11) is 1.48. The molecule has 5 rings (SSSR count). The number of imidazole rings is 1. The molecule has 184 valence electrons. The van der Waals surface area contributed by atoms with Crippen LogP contribution < -0.4 is 10.1 Å². The van der Waals surface area contributed by atoms with Gasteiger partial charge < -0.3 is 24.5 Å². The fourth-order valence-electron chi connectivity index (χ4n) is 3.79. The van der Waals surface area contributed by atoms with E-state index in [0.29, 0.717) is 34.2 Å². The Kier molecular flexibility index (Phi) is 6.45. The summed E-state index contributed by atoms with van der Waals surface area (Å²) in [6.45, 7) is 2.03. The van der Waals surface area contributed by atoms with Crippen LogP contribution >= 0.6 is 0 Å². The molecule has 0 spiro atoms. The number of halogens is 1. The van der Waals surface area contributed by atoms with Crippen molar-refractivity contribution in [2.45, 2.75) is 13.2 Å². The van der Waals surface area contributed by atoms with Crippen molar-refractivity contribution >= 4 is 11.6 Å². The number of aromatic nitrogens is 4. The third kappa shape index (κ3) is 4.81. The number of rotatable bonds is 6. The van der Waals surface area contributed by atoms with Crippen molar-refractivity contribution in [1.29, 1.82) is 0 Å². The first-order valence-corrected chi connectivity index (χ1v) is 11.3. The second-order valence-electron chi connectivity index (χ2n) is 8.62. The lowest BCUT2D eigenvalue weighted by atomic mass is 9.91. The SMILES string of the molecule is COc1nccc(-c2[nH]c(C3OCC(C)(C(=O)Nc4ccccc4)CO3)nc2-c2ccc(F)cc2)n1. The number of hydrogen-bond acceptors (Lipinski definition) is 7. The molecule has 10 heteroatoms. The summed E-state index contributed by atoms with van der Waals surface area (Å²) in [5.41, 5.74) is 2.12. The van der Waals surface area contributed by atoms with Crippen LogP contribution in [0.2, 0.25) is 0 Å². The van der Waals surface area contributed by atoms with Gasteiger partial charge in [0, 0.05) is 17.4 Å². The number of nitrogens with one attached hydrogen (secondary N) is 2. The Morgan fingerprint density at radius 3 is 2.50 bits per heavy atom. The molecule has 1 amide bonds. The van der Waals surface area contributed by atoms with Crippen LogP contribution in [0.15, 0.2) is 66.9 Å². The summed E-state index contributed by atoms with van der Waals surface area (Å²) >= 11 is 0. The first-order chi connectivity index (χ1) is 17.4. The molecule has 1 fully saturated rings. The molecule has 0 radical (unpaired) electrons. The first-order valence-electron chi connectivity index (χ1n) is 11.3. The van der Waals surface area contributed by atoms with Crippen molar-refractivity contribution in [2.24, 2.45) is 5.41 Å². The number of para-hydroxylation sites is 1. The highest BCUT2D eigenvalue weighted by Gasteiger charge is 2.41. The zero-order valence-electron chi connectivity index (χ0n) is 19.7. The van der Waals surface area contributed by atoms with Crippen molar-refractivity contribution in [2.75, 3.05) is 25.6 Å². The molecule has 0 unspecified atom stereocenters. The number of nitrogens with zero attached hydrogens (tertiary/aromatic N) is 3. The zero-order valence-corrected chi connectivity index (χ0v) is 19.7. The Morgan fingerprint density at radius 2 is 1.81 bits per heavy atom. The second kappa shape index (κ2) is 9.84. The molecule has 2 N–H and O–H groups in total. The predicted molar refractivity (Wildman–Crippen MR) is 129 cm³/mol. The van der Waals surface area contributed by atoms with E-state index in [-0.39, 0.29) is 30.9 Å². The van der Waals surface area contributed by atoms with Crippen LogP contribution in [0.3, 0.4) is 0 Å². The summed E-state index contributed by atoms with van der Waals surface area (Å²) in [6, 6.07) is 17.1. The van der Waals surface area contributed by atoms with Gasteiger partial charge in [0.15, 0.2) is 5.82 Å². The van der Waals surface area contributed by atoms with Gasteiger partial charge in [0.05, 0.1) is 42.8 Å². The number of H-pyrrole nitrogens is 1. The average Bonchev–Trinajstić information content (AvgIpc) is 3.35. The van der Waals surface area contributed by atoms with E-state index in [2.05, 4.69) is 20.3 Å². The van der Waals surface area contributed by atoms with Crippen LogP contribution in [0, 0.1) is 11.2 Å². The van der Waals surface area contributed by atoms with Crippen molar-refractivity contribution in [1.82, 2.24) is 19.9 Å². The molecule has 1 aliphatic heterocycles. The van der Waals surface area contributed by atoms with Crippen molar-refractivity contribution in [3.63, 3.8) is 0 Å². The van der Waals surface area contributed by atoms with Crippen molar-refractivity contribution < 1.29 is 23.4 Å². The smallest absolute Gasteiger partial charge is 0.316 e. The highest BCUT2D eigenvalue weighted by Crippen LogP contribution is 2.36. The molecule has 3 heterocycles. The lowest BCUT2D eigenvalue weighted by Crippen LogP contribution is -2.45. The summed E-state index contributed by atoms with van der Waals surface area (Å²) < 4.78 is 30.6. The van der Waals surface area contributed by atoms with Gasteiger partial charge in [-0.3, -0.25) is 4.79 Å². The molecule has 0 bridgehead atoms. The molecule has 4 aromatic rings. The van der Waals surface area contributed by atoms with Crippen molar-refractivity contribution in [3.8, 4) is 28.7 Å². The van der Waals surface area contributed by atoms with Gasteiger partial charge in [-0.15, -0.1) is 0 Å². The molecular formula is C26H24FN5O4. The van der Waals surface area contributed by atoms with E-state index in [1.165, 1.54) is 19.2 Å². The minimum atomic E-state index is -0.887. The first kappa shape index (κ1) is 23.6. The number of amides is 1. The van der Waals surface area contributed by atoms with Crippen LogP contribution in [0.25, 0.3) is 22.6 Å². The Hall–Kier alpha value is -4.15. The van der Waals surface area contributed by atoms with Crippen LogP contribution in [0.1, 0.15) is 19.0 Å². The predicted octanol–water partition coefficient (Wildman–Crippen LogP) is 4.37. The Morgan fingerprint density at radius 1 is 1.08 bits per heavy atom. The molecule has 2 aromatic carbocycles. The quantitative estimate of drug-likeness (QED) is 0.414. The minimum Gasteiger partial charge on any atom is -0.467 e. The van der Waals surface area contributed by atoms with Gasteiger partial charge in [-0.25, -0.2) is 14.4 Å². The van der Waals surface area contributed by atoms with E-state index < -0.39 is 11.7 Å². The number of anilines is 1. The van der Waals surface area contributed by atoms with E-state index in [1.54, 1.807) is 31.3 Å². The number of carbonyl (C=O) groups excluding carboxylic acids is 1. The molecule has 1 aliphatic rings. The van der Waals surface area contributed by atoms with E-state index in [9.17, 15) is 9.18 Å². The number of carbonyl (C=O) groups is 1. The molecule has 0 aliphatic carbocycles. The summed E-state index contributed by atoms with van der Waals surface area (Å²) in [5, 5.41) is 2.90. The Labute approximate surface area is 206 Å². The largest absolute Gasteiger partial charge is 0.467 e. The van der Waals surface area contributed by atoms with Gasteiger partial charge in [0.1, 0.15) is 5.82 Å². The molecule has 1 saturated heterocycles. The van der Waals surface area contributed by atoms with Gasteiger partial charge >= 0.3 is 6.01 Å². The molecule has 9 nitrogen and oxygen atoms in total. The maximum atomic E-state index is 13.6. The topological polar surface area (TPSA) is 111 Å². The number of ether oxygens (including phenoxy) is 3. The number of methoxy groups -OCH3 is 1. The molecule has 36 heavy (non-hydrogen) atoms. The van der Waals surface area contributed by atoms with E-state index in [1.807, 2.05) is 30.3 Å². The van der Waals surface area contributed by atoms with E-state index >= 15 is 0 Å². The number of hydrogen-bond donors (Lipinski definition) is 2. The lowest BCUT2D eigenvalue weighted by Gasteiger charge is -2.35. The Bertz CT molecular complexity index is 1350. The molecule has 2 aromatic heterocycles. The molecule has 0 atom stereocenters.